The number of anilines is 1. The monoisotopic (exact) mass is 368 g/mol. The summed E-state index contributed by atoms with van der Waals surface area (Å²) in [7, 11) is 4.75. The van der Waals surface area contributed by atoms with Crippen molar-refractivity contribution in [2.45, 2.75) is 0 Å². The number of hydrogen-bond donors (Lipinski definition) is 1. The molecule has 27 heavy (non-hydrogen) atoms. The third-order valence-electron chi connectivity index (χ3n) is 4.12. The molecule has 0 aliphatic carbocycles. The molecule has 0 unspecified atom stereocenters. The number of hydrogen-bond acceptors (Lipinski definition) is 5. The quantitative estimate of drug-likeness (QED) is 0.723. The molecule has 1 amide bonds. The van der Waals surface area contributed by atoms with Gasteiger partial charge in [0.05, 0.1) is 25.3 Å². The largest absolute Gasteiger partial charge is 0.497 e. The van der Waals surface area contributed by atoms with E-state index in [9.17, 15) is 9.59 Å². The van der Waals surface area contributed by atoms with Crippen LogP contribution in [0.25, 0.3) is 10.8 Å². The molecule has 0 fully saturated rings. The van der Waals surface area contributed by atoms with Gasteiger partial charge in [0.15, 0.2) is 6.61 Å². The molecule has 3 aromatic rings. The Balaban J connectivity index is 1.76. The van der Waals surface area contributed by atoms with Crippen LogP contribution >= 0.6 is 0 Å². The number of methoxy groups -OCH3 is 2. The Labute approximate surface area is 156 Å². The number of aryl methyl sites for hydroxylation is 1. The van der Waals surface area contributed by atoms with Crippen LogP contribution in [0.15, 0.2) is 53.5 Å². The molecular formula is C20H20N2O5. The van der Waals surface area contributed by atoms with Gasteiger partial charge in [-0.05, 0) is 30.3 Å². The summed E-state index contributed by atoms with van der Waals surface area (Å²) in [5.74, 6) is 1.22. The highest BCUT2D eigenvalue weighted by Gasteiger charge is 2.11. The predicted molar refractivity (Wildman–Crippen MR) is 103 cm³/mol. The maximum absolute atomic E-state index is 12.3. The van der Waals surface area contributed by atoms with Crippen LogP contribution in [0, 0.1) is 0 Å². The first-order valence-corrected chi connectivity index (χ1v) is 8.26. The van der Waals surface area contributed by atoms with Gasteiger partial charge in [0.25, 0.3) is 11.5 Å². The summed E-state index contributed by atoms with van der Waals surface area (Å²) in [4.78, 5) is 24.5. The fraction of sp³-hybridized carbons (Fsp3) is 0.200. The van der Waals surface area contributed by atoms with Gasteiger partial charge in [-0.15, -0.1) is 0 Å². The molecule has 0 saturated carbocycles. The van der Waals surface area contributed by atoms with Crippen molar-refractivity contribution in [1.82, 2.24) is 4.57 Å². The van der Waals surface area contributed by atoms with Crippen LogP contribution in [-0.4, -0.2) is 31.3 Å². The van der Waals surface area contributed by atoms with Gasteiger partial charge >= 0.3 is 0 Å². The van der Waals surface area contributed by atoms with Gasteiger partial charge < -0.3 is 24.1 Å². The maximum Gasteiger partial charge on any atom is 0.262 e. The van der Waals surface area contributed by atoms with Crippen LogP contribution in [0.3, 0.4) is 0 Å². The van der Waals surface area contributed by atoms with Crippen molar-refractivity contribution >= 4 is 22.4 Å². The molecular weight excluding hydrogens is 348 g/mol. The molecule has 0 radical (unpaired) electrons. The van der Waals surface area contributed by atoms with Crippen molar-refractivity contribution < 1.29 is 19.0 Å². The molecule has 0 aliphatic rings. The lowest BCUT2D eigenvalue weighted by Gasteiger charge is -2.13. The summed E-state index contributed by atoms with van der Waals surface area (Å²) in [6.07, 6.45) is 1.67. The minimum Gasteiger partial charge on any atom is -0.497 e. The van der Waals surface area contributed by atoms with Crippen molar-refractivity contribution in [3.63, 3.8) is 0 Å². The van der Waals surface area contributed by atoms with Gasteiger partial charge in [0, 0.05) is 24.7 Å². The molecule has 7 nitrogen and oxygen atoms in total. The molecule has 0 saturated heterocycles. The Morgan fingerprint density at radius 3 is 2.59 bits per heavy atom. The third kappa shape index (κ3) is 3.87. The standard InChI is InChI=1S/C20H20N2O5/c1-22-10-9-14-15(20(22)24)5-4-6-17(14)27-12-19(23)21-16-11-13(25-2)7-8-18(16)26-3/h4-11H,12H2,1-3H3,(H,21,23). The molecule has 0 atom stereocenters. The number of pyridine rings is 1. The molecule has 1 heterocycles. The van der Waals surface area contributed by atoms with Crippen molar-refractivity contribution in [3.05, 3.63) is 59.0 Å². The molecule has 7 heteroatoms. The topological polar surface area (TPSA) is 78.8 Å². The number of ether oxygens (including phenoxy) is 3. The SMILES string of the molecule is COc1ccc(OC)c(NC(=O)COc2cccc3c(=O)n(C)ccc23)c1. The first kappa shape index (κ1) is 18.3. The van der Waals surface area contributed by atoms with Crippen LogP contribution < -0.4 is 25.1 Å². The molecule has 140 valence electrons. The van der Waals surface area contributed by atoms with Gasteiger partial charge in [-0.1, -0.05) is 6.07 Å². The lowest BCUT2D eigenvalue weighted by molar-refractivity contribution is -0.118. The second-order valence-electron chi connectivity index (χ2n) is 5.85. The smallest absolute Gasteiger partial charge is 0.262 e. The molecule has 1 aromatic heterocycles. The highest BCUT2D eigenvalue weighted by atomic mass is 16.5. The summed E-state index contributed by atoms with van der Waals surface area (Å²) >= 11 is 0. The van der Waals surface area contributed by atoms with E-state index < -0.39 is 0 Å². The third-order valence-corrected chi connectivity index (χ3v) is 4.12. The number of amides is 1. The van der Waals surface area contributed by atoms with E-state index in [4.69, 9.17) is 14.2 Å². The molecule has 2 aromatic carbocycles. The molecule has 1 N–H and O–H groups in total. The number of benzene rings is 2. The fourth-order valence-electron chi connectivity index (χ4n) is 2.71. The Kier molecular flexibility index (Phi) is 5.30. The van der Waals surface area contributed by atoms with Gasteiger partial charge in [0.1, 0.15) is 17.2 Å². The molecule has 0 aliphatic heterocycles. The summed E-state index contributed by atoms with van der Waals surface area (Å²) in [6, 6.07) is 12.1. The van der Waals surface area contributed by atoms with E-state index in [-0.39, 0.29) is 18.1 Å². The lowest BCUT2D eigenvalue weighted by Crippen LogP contribution is -2.21. The Hall–Kier alpha value is -3.48. The van der Waals surface area contributed by atoms with Crippen molar-refractivity contribution in [2.24, 2.45) is 7.05 Å². The van der Waals surface area contributed by atoms with E-state index in [1.165, 1.54) is 11.7 Å². The van der Waals surface area contributed by atoms with E-state index in [2.05, 4.69) is 5.32 Å². The summed E-state index contributed by atoms with van der Waals surface area (Å²) in [5.41, 5.74) is 0.362. The highest BCUT2D eigenvalue weighted by Crippen LogP contribution is 2.29. The van der Waals surface area contributed by atoms with Crippen LogP contribution in [0.1, 0.15) is 0 Å². The minimum atomic E-state index is -0.359. The number of aromatic nitrogens is 1. The Morgan fingerprint density at radius 2 is 1.85 bits per heavy atom. The Morgan fingerprint density at radius 1 is 1.04 bits per heavy atom. The lowest BCUT2D eigenvalue weighted by atomic mass is 10.1. The minimum absolute atomic E-state index is 0.122. The van der Waals surface area contributed by atoms with E-state index >= 15 is 0 Å². The summed E-state index contributed by atoms with van der Waals surface area (Å²) in [6.45, 7) is -0.214. The number of fused-ring (bicyclic) bond motifs is 1. The summed E-state index contributed by atoms with van der Waals surface area (Å²) in [5, 5.41) is 3.93. The maximum atomic E-state index is 12.3. The summed E-state index contributed by atoms with van der Waals surface area (Å²) < 4.78 is 17.5. The molecule has 0 bridgehead atoms. The highest BCUT2D eigenvalue weighted by molar-refractivity contribution is 5.94. The zero-order chi connectivity index (χ0) is 19.4. The first-order chi connectivity index (χ1) is 13.0. The van der Waals surface area contributed by atoms with Gasteiger partial charge in [-0.25, -0.2) is 0 Å². The average Bonchev–Trinajstić information content (AvgIpc) is 2.69. The van der Waals surface area contributed by atoms with Gasteiger partial charge in [0.2, 0.25) is 0 Å². The second-order valence-corrected chi connectivity index (χ2v) is 5.85. The van der Waals surface area contributed by atoms with Gasteiger partial charge in [-0.3, -0.25) is 9.59 Å². The van der Waals surface area contributed by atoms with Crippen molar-refractivity contribution in [2.75, 3.05) is 26.1 Å². The zero-order valence-corrected chi connectivity index (χ0v) is 15.3. The number of nitrogens with zero attached hydrogens (tertiary/aromatic N) is 1. The predicted octanol–water partition coefficient (Wildman–Crippen LogP) is 2.57. The number of carbonyl (C=O) groups is 1. The van der Waals surface area contributed by atoms with Crippen LogP contribution in [-0.2, 0) is 11.8 Å². The molecule has 0 spiro atoms. The van der Waals surface area contributed by atoms with Crippen molar-refractivity contribution in [3.8, 4) is 17.2 Å². The fourth-order valence-corrected chi connectivity index (χ4v) is 2.71. The Bertz CT molecular complexity index is 1040. The second kappa shape index (κ2) is 7.82. The van der Waals surface area contributed by atoms with E-state index in [1.54, 1.807) is 62.8 Å². The van der Waals surface area contributed by atoms with E-state index in [0.717, 1.165) is 0 Å². The number of carbonyl (C=O) groups excluding carboxylic acids is 1. The molecule has 3 rings (SSSR count). The van der Waals surface area contributed by atoms with Crippen LogP contribution in [0.4, 0.5) is 5.69 Å². The zero-order valence-electron chi connectivity index (χ0n) is 15.3. The average molecular weight is 368 g/mol. The number of nitrogens with one attached hydrogen (secondary N) is 1. The van der Waals surface area contributed by atoms with E-state index in [0.29, 0.717) is 33.7 Å². The van der Waals surface area contributed by atoms with Crippen molar-refractivity contribution in [1.29, 1.82) is 0 Å². The van der Waals surface area contributed by atoms with E-state index in [1.807, 2.05) is 0 Å². The normalized spacial score (nSPS) is 10.5. The first-order valence-electron chi connectivity index (χ1n) is 8.26. The van der Waals surface area contributed by atoms with Gasteiger partial charge in [-0.2, -0.15) is 0 Å². The van der Waals surface area contributed by atoms with Crippen LogP contribution in [0.2, 0.25) is 0 Å². The van der Waals surface area contributed by atoms with Crippen LogP contribution in [0.5, 0.6) is 17.2 Å². The number of rotatable bonds is 6.